The van der Waals surface area contributed by atoms with E-state index in [1.54, 1.807) is 0 Å². The highest BCUT2D eigenvalue weighted by Gasteiger charge is 2.24. The van der Waals surface area contributed by atoms with Gasteiger partial charge in [0.05, 0.1) is 6.04 Å². The molecule has 4 heteroatoms. The van der Waals surface area contributed by atoms with Gasteiger partial charge in [0.15, 0.2) is 0 Å². The molecule has 118 valence electrons. The molecule has 0 N–H and O–H groups in total. The first-order valence-corrected chi connectivity index (χ1v) is 8.33. The molecular weight excluding hydrogens is 272 g/mol. The molecule has 0 saturated carbocycles. The highest BCUT2D eigenvalue weighted by atomic mass is 15.4. The van der Waals surface area contributed by atoms with Crippen LogP contribution in [0.25, 0.3) is 0 Å². The number of hydrogen-bond donors (Lipinski definition) is 0. The van der Waals surface area contributed by atoms with Crippen molar-refractivity contribution in [2.24, 2.45) is 0 Å². The summed E-state index contributed by atoms with van der Waals surface area (Å²) in [7, 11) is 0. The first-order valence-electron chi connectivity index (χ1n) is 8.33. The molecule has 0 amide bonds. The zero-order valence-corrected chi connectivity index (χ0v) is 13.9. The van der Waals surface area contributed by atoms with Crippen LogP contribution in [0.5, 0.6) is 0 Å². The number of aromatic nitrogens is 3. The van der Waals surface area contributed by atoms with E-state index in [0.717, 1.165) is 44.1 Å². The number of aryl methyl sites for hydroxylation is 1. The molecule has 0 spiro atoms. The second-order valence-electron chi connectivity index (χ2n) is 6.61. The molecule has 0 radical (unpaired) electrons. The molecular formula is C18H26N4. The molecule has 0 bridgehead atoms. The third kappa shape index (κ3) is 3.38. The summed E-state index contributed by atoms with van der Waals surface area (Å²) in [5.74, 6) is 2.47. The van der Waals surface area contributed by atoms with Crippen molar-refractivity contribution in [3.63, 3.8) is 0 Å². The lowest BCUT2D eigenvalue weighted by molar-refractivity contribution is 0.170. The summed E-state index contributed by atoms with van der Waals surface area (Å²) in [6.45, 7) is 9.72. The van der Waals surface area contributed by atoms with Crippen LogP contribution in [0.4, 0.5) is 0 Å². The Bertz CT molecular complexity index is 595. The normalized spacial score (nSPS) is 17.3. The lowest BCUT2D eigenvalue weighted by atomic mass is 10.0. The Balaban J connectivity index is 1.62. The summed E-state index contributed by atoms with van der Waals surface area (Å²) >= 11 is 0. The fourth-order valence-electron chi connectivity index (χ4n) is 3.27. The molecule has 0 aliphatic carbocycles. The fraction of sp³-hybridized carbons (Fsp3) is 0.556. The third-order valence-electron chi connectivity index (χ3n) is 4.43. The van der Waals surface area contributed by atoms with Gasteiger partial charge < -0.3 is 0 Å². The van der Waals surface area contributed by atoms with Crippen molar-refractivity contribution in [1.29, 1.82) is 0 Å². The standard InChI is InChI=1S/C18H26N4/c1-14(2)18-19-15(3)20-22(18)17-9-11-21(12-10-17)13-16-7-5-4-6-8-16/h4-8,14,17H,9-13H2,1-3H3. The molecule has 4 nitrogen and oxygen atoms in total. The van der Waals surface area contributed by atoms with Gasteiger partial charge >= 0.3 is 0 Å². The zero-order chi connectivity index (χ0) is 15.5. The SMILES string of the molecule is Cc1nc(C(C)C)n(C2CCN(Cc3ccccc3)CC2)n1. The van der Waals surface area contributed by atoms with Gasteiger partial charge in [0.25, 0.3) is 0 Å². The number of piperidine rings is 1. The highest BCUT2D eigenvalue weighted by Crippen LogP contribution is 2.26. The van der Waals surface area contributed by atoms with Crippen molar-refractivity contribution < 1.29 is 0 Å². The minimum absolute atomic E-state index is 0.434. The lowest BCUT2D eigenvalue weighted by Crippen LogP contribution is -2.35. The third-order valence-corrected chi connectivity index (χ3v) is 4.43. The van der Waals surface area contributed by atoms with Crippen molar-refractivity contribution in [3.05, 3.63) is 47.5 Å². The second-order valence-corrected chi connectivity index (χ2v) is 6.61. The van der Waals surface area contributed by atoms with E-state index in [0.29, 0.717) is 12.0 Å². The summed E-state index contributed by atoms with van der Waals surface area (Å²) < 4.78 is 2.19. The van der Waals surface area contributed by atoms with E-state index < -0.39 is 0 Å². The van der Waals surface area contributed by atoms with Gasteiger partial charge in [-0.2, -0.15) is 5.10 Å². The van der Waals surface area contributed by atoms with Crippen molar-refractivity contribution in [3.8, 4) is 0 Å². The molecule has 2 heterocycles. The first kappa shape index (κ1) is 15.2. The molecule has 22 heavy (non-hydrogen) atoms. The average Bonchev–Trinajstić information content (AvgIpc) is 2.91. The number of rotatable bonds is 4. The Morgan fingerprint density at radius 3 is 2.45 bits per heavy atom. The molecule has 1 aromatic carbocycles. The van der Waals surface area contributed by atoms with Gasteiger partial charge in [-0.3, -0.25) is 4.90 Å². The predicted octanol–water partition coefficient (Wildman–Crippen LogP) is 3.55. The zero-order valence-electron chi connectivity index (χ0n) is 13.9. The highest BCUT2D eigenvalue weighted by molar-refractivity contribution is 5.14. The van der Waals surface area contributed by atoms with E-state index in [1.165, 1.54) is 5.56 Å². The summed E-state index contributed by atoms with van der Waals surface area (Å²) in [5.41, 5.74) is 1.40. The van der Waals surface area contributed by atoms with Crippen molar-refractivity contribution in [2.45, 2.75) is 52.1 Å². The summed E-state index contributed by atoms with van der Waals surface area (Å²) in [6.07, 6.45) is 2.32. The van der Waals surface area contributed by atoms with Crippen molar-refractivity contribution in [1.82, 2.24) is 19.7 Å². The number of nitrogens with zero attached hydrogens (tertiary/aromatic N) is 4. The molecule has 3 rings (SSSR count). The minimum atomic E-state index is 0.434. The molecule has 1 aliphatic rings. The Labute approximate surface area is 133 Å². The predicted molar refractivity (Wildman–Crippen MR) is 88.8 cm³/mol. The Kier molecular flexibility index (Phi) is 4.57. The Morgan fingerprint density at radius 2 is 1.82 bits per heavy atom. The Hall–Kier alpha value is -1.68. The molecule has 2 aromatic rings. The van der Waals surface area contributed by atoms with Gasteiger partial charge in [-0.1, -0.05) is 44.2 Å². The molecule has 1 aromatic heterocycles. The lowest BCUT2D eigenvalue weighted by Gasteiger charge is -2.32. The van der Waals surface area contributed by atoms with E-state index in [1.807, 2.05) is 6.92 Å². The van der Waals surface area contributed by atoms with E-state index in [2.05, 4.69) is 63.8 Å². The van der Waals surface area contributed by atoms with Gasteiger partial charge in [0, 0.05) is 25.6 Å². The molecule has 0 atom stereocenters. The van der Waals surface area contributed by atoms with E-state index >= 15 is 0 Å². The number of benzene rings is 1. The quantitative estimate of drug-likeness (QED) is 0.865. The molecule has 1 saturated heterocycles. The van der Waals surface area contributed by atoms with Gasteiger partial charge in [0.2, 0.25) is 0 Å². The minimum Gasteiger partial charge on any atom is -0.299 e. The largest absolute Gasteiger partial charge is 0.299 e. The van der Waals surface area contributed by atoms with Gasteiger partial charge in [0.1, 0.15) is 11.6 Å². The Morgan fingerprint density at radius 1 is 1.14 bits per heavy atom. The smallest absolute Gasteiger partial charge is 0.147 e. The van der Waals surface area contributed by atoms with E-state index in [-0.39, 0.29) is 0 Å². The maximum absolute atomic E-state index is 4.65. The second kappa shape index (κ2) is 6.61. The maximum atomic E-state index is 4.65. The van der Waals surface area contributed by atoms with Crippen LogP contribution in [0.1, 0.15) is 55.9 Å². The molecule has 1 fully saturated rings. The van der Waals surface area contributed by atoms with Crippen LogP contribution < -0.4 is 0 Å². The fourth-order valence-corrected chi connectivity index (χ4v) is 3.27. The monoisotopic (exact) mass is 298 g/mol. The number of hydrogen-bond acceptors (Lipinski definition) is 3. The van der Waals surface area contributed by atoms with Gasteiger partial charge in [-0.15, -0.1) is 0 Å². The topological polar surface area (TPSA) is 34.0 Å². The average molecular weight is 298 g/mol. The molecule has 0 unspecified atom stereocenters. The van der Waals surface area contributed by atoms with Gasteiger partial charge in [-0.25, -0.2) is 9.67 Å². The van der Waals surface area contributed by atoms with Crippen LogP contribution in [-0.4, -0.2) is 32.8 Å². The van der Waals surface area contributed by atoms with Crippen molar-refractivity contribution in [2.75, 3.05) is 13.1 Å². The van der Waals surface area contributed by atoms with Crippen LogP contribution in [0.15, 0.2) is 30.3 Å². The molecule has 1 aliphatic heterocycles. The van der Waals surface area contributed by atoms with Crippen LogP contribution in [0.2, 0.25) is 0 Å². The summed E-state index contributed by atoms with van der Waals surface area (Å²) in [4.78, 5) is 7.16. The maximum Gasteiger partial charge on any atom is 0.147 e. The number of likely N-dealkylation sites (tertiary alicyclic amines) is 1. The van der Waals surface area contributed by atoms with E-state index in [9.17, 15) is 0 Å². The van der Waals surface area contributed by atoms with Crippen LogP contribution in [0.3, 0.4) is 0 Å². The van der Waals surface area contributed by atoms with Crippen LogP contribution in [0, 0.1) is 6.92 Å². The first-order chi connectivity index (χ1) is 10.6. The van der Waals surface area contributed by atoms with Crippen LogP contribution >= 0.6 is 0 Å². The van der Waals surface area contributed by atoms with E-state index in [4.69, 9.17) is 0 Å². The van der Waals surface area contributed by atoms with Gasteiger partial charge in [-0.05, 0) is 25.3 Å². The van der Waals surface area contributed by atoms with Crippen molar-refractivity contribution >= 4 is 0 Å². The summed E-state index contributed by atoms with van der Waals surface area (Å²) in [6, 6.07) is 11.2. The summed E-state index contributed by atoms with van der Waals surface area (Å²) in [5, 5.41) is 4.65. The van der Waals surface area contributed by atoms with Crippen LogP contribution in [-0.2, 0) is 6.54 Å².